The van der Waals surface area contributed by atoms with Gasteiger partial charge in [-0.3, -0.25) is 19.8 Å². The molecule has 0 heterocycles. The number of rotatable bonds is 5. The van der Waals surface area contributed by atoms with Gasteiger partial charge in [0.05, 0.1) is 0 Å². The lowest BCUT2D eigenvalue weighted by molar-refractivity contribution is -0.127. The Morgan fingerprint density at radius 2 is 1.88 bits per heavy atom. The largest absolute Gasteiger partial charge is 0.402 e. The van der Waals surface area contributed by atoms with Crippen LogP contribution >= 0.6 is 0 Å². The fourth-order valence-corrected chi connectivity index (χ4v) is 1.33. The molecule has 98 valence electrons. The van der Waals surface area contributed by atoms with Crippen LogP contribution in [0.3, 0.4) is 0 Å². The second kappa shape index (κ2) is 7.06. The molecule has 1 unspecified atom stereocenters. The first kappa shape index (κ1) is 15.6. The first-order valence-electron chi connectivity index (χ1n) is 5.76. The molecule has 0 radical (unpaired) electrons. The van der Waals surface area contributed by atoms with Crippen molar-refractivity contribution in [3.8, 4) is 0 Å². The van der Waals surface area contributed by atoms with Gasteiger partial charge in [-0.15, -0.1) is 0 Å². The third kappa shape index (κ3) is 5.49. The Hall–Kier alpha value is -1.36. The number of nitrogens with zero attached hydrogens (tertiary/aromatic N) is 1. The fourth-order valence-electron chi connectivity index (χ4n) is 1.33. The number of allylic oxidation sites excluding steroid dienone is 1. The van der Waals surface area contributed by atoms with Crippen LogP contribution in [-0.4, -0.2) is 36.3 Å². The van der Waals surface area contributed by atoms with Gasteiger partial charge < -0.3 is 5.73 Å². The van der Waals surface area contributed by atoms with E-state index in [1.807, 2.05) is 11.9 Å². The smallest absolute Gasteiger partial charge is 0.256 e. The van der Waals surface area contributed by atoms with Crippen LogP contribution in [0.5, 0.6) is 0 Å². The minimum atomic E-state index is -0.410. The van der Waals surface area contributed by atoms with Gasteiger partial charge in [-0.2, -0.15) is 0 Å². The monoisotopic (exact) mass is 241 g/mol. The summed E-state index contributed by atoms with van der Waals surface area (Å²) >= 11 is 0. The van der Waals surface area contributed by atoms with E-state index in [0.717, 1.165) is 6.42 Å². The average molecular weight is 241 g/mol. The van der Waals surface area contributed by atoms with Gasteiger partial charge in [0.15, 0.2) is 0 Å². The van der Waals surface area contributed by atoms with E-state index in [0.29, 0.717) is 23.9 Å². The SMILES string of the molecule is CCC(C)N(C)C/C(C(=O)NC(C)=O)=C(\C)N. The highest BCUT2D eigenvalue weighted by Gasteiger charge is 2.17. The highest BCUT2D eigenvalue weighted by molar-refractivity contribution is 6.04. The molecular formula is C12H23N3O2. The molecule has 5 heteroatoms. The molecule has 17 heavy (non-hydrogen) atoms. The molecule has 0 saturated heterocycles. The van der Waals surface area contributed by atoms with Crippen LogP contribution in [0.2, 0.25) is 0 Å². The van der Waals surface area contributed by atoms with Gasteiger partial charge in [-0.25, -0.2) is 0 Å². The van der Waals surface area contributed by atoms with Crippen molar-refractivity contribution in [1.29, 1.82) is 0 Å². The van der Waals surface area contributed by atoms with E-state index in [1.54, 1.807) is 6.92 Å². The number of nitrogens with two attached hydrogens (primary N) is 1. The van der Waals surface area contributed by atoms with Crippen molar-refractivity contribution in [3.63, 3.8) is 0 Å². The Labute approximate surface area is 103 Å². The van der Waals surface area contributed by atoms with Gasteiger partial charge in [0.25, 0.3) is 5.91 Å². The van der Waals surface area contributed by atoms with Crippen molar-refractivity contribution in [2.45, 2.75) is 40.2 Å². The third-order valence-corrected chi connectivity index (χ3v) is 2.79. The fraction of sp³-hybridized carbons (Fsp3) is 0.667. The van der Waals surface area contributed by atoms with Crippen LogP contribution in [0.4, 0.5) is 0 Å². The second-order valence-electron chi connectivity index (χ2n) is 4.34. The molecule has 0 aromatic rings. The van der Waals surface area contributed by atoms with Crippen LogP contribution in [0.1, 0.15) is 34.1 Å². The molecule has 1 atom stereocenters. The maximum atomic E-state index is 11.7. The number of imide groups is 1. The van der Waals surface area contributed by atoms with E-state index < -0.39 is 5.91 Å². The Balaban J connectivity index is 4.74. The number of nitrogens with one attached hydrogen (secondary N) is 1. The third-order valence-electron chi connectivity index (χ3n) is 2.79. The molecule has 0 spiro atoms. The molecule has 2 amide bonds. The van der Waals surface area contributed by atoms with Crippen LogP contribution in [-0.2, 0) is 9.59 Å². The Morgan fingerprint density at radius 1 is 1.35 bits per heavy atom. The number of likely N-dealkylation sites (N-methyl/N-ethyl adjacent to an activating group) is 1. The summed E-state index contributed by atoms with van der Waals surface area (Å²) in [6.07, 6.45) is 0.988. The summed E-state index contributed by atoms with van der Waals surface area (Å²) in [4.78, 5) is 24.6. The normalized spacial score (nSPS) is 14.2. The molecule has 0 aromatic carbocycles. The zero-order valence-corrected chi connectivity index (χ0v) is 11.3. The molecule has 5 nitrogen and oxygen atoms in total. The Kier molecular flexibility index (Phi) is 6.50. The van der Waals surface area contributed by atoms with Crippen LogP contribution < -0.4 is 11.1 Å². The van der Waals surface area contributed by atoms with E-state index >= 15 is 0 Å². The predicted molar refractivity (Wildman–Crippen MR) is 68.1 cm³/mol. The molecule has 0 fully saturated rings. The highest BCUT2D eigenvalue weighted by atomic mass is 16.2. The number of carbonyl (C=O) groups excluding carboxylic acids is 2. The number of carbonyl (C=O) groups is 2. The quantitative estimate of drug-likeness (QED) is 0.692. The lowest BCUT2D eigenvalue weighted by atomic mass is 10.1. The average Bonchev–Trinajstić information content (AvgIpc) is 2.22. The van der Waals surface area contributed by atoms with Gasteiger partial charge in [-0.05, 0) is 27.3 Å². The molecule has 3 N–H and O–H groups in total. The second-order valence-corrected chi connectivity index (χ2v) is 4.34. The Bertz CT molecular complexity index is 320. The molecular weight excluding hydrogens is 218 g/mol. The summed E-state index contributed by atoms with van der Waals surface area (Å²) in [5.41, 5.74) is 6.57. The van der Waals surface area contributed by atoms with Crippen molar-refractivity contribution in [2.24, 2.45) is 5.73 Å². The first-order valence-corrected chi connectivity index (χ1v) is 5.76. The minimum Gasteiger partial charge on any atom is -0.402 e. The van der Waals surface area contributed by atoms with E-state index in [9.17, 15) is 9.59 Å². The number of hydrogen-bond acceptors (Lipinski definition) is 4. The van der Waals surface area contributed by atoms with Gasteiger partial charge in [-0.1, -0.05) is 6.92 Å². The lowest BCUT2D eigenvalue weighted by Crippen LogP contribution is -2.38. The van der Waals surface area contributed by atoms with E-state index in [2.05, 4.69) is 19.2 Å². The van der Waals surface area contributed by atoms with Crippen molar-refractivity contribution < 1.29 is 9.59 Å². The van der Waals surface area contributed by atoms with E-state index in [4.69, 9.17) is 5.73 Å². The molecule has 0 bridgehead atoms. The zero-order valence-electron chi connectivity index (χ0n) is 11.3. The Morgan fingerprint density at radius 3 is 2.24 bits per heavy atom. The summed E-state index contributed by atoms with van der Waals surface area (Å²) in [7, 11) is 1.93. The maximum Gasteiger partial charge on any atom is 0.256 e. The maximum absolute atomic E-state index is 11.7. The topological polar surface area (TPSA) is 75.4 Å². The summed E-state index contributed by atoms with van der Waals surface area (Å²) in [5.74, 6) is -0.785. The van der Waals surface area contributed by atoms with Crippen molar-refractivity contribution >= 4 is 11.8 Å². The molecule has 0 aliphatic heterocycles. The molecule has 0 saturated carbocycles. The van der Waals surface area contributed by atoms with Gasteiger partial charge >= 0.3 is 0 Å². The summed E-state index contributed by atoms with van der Waals surface area (Å²) in [6, 6.07) is 0.356. The van der Waals surface area contributed by atoms with Crippen LogP contribution in [0, 0.1) is 0 Å². The highest BCUT2D eigenvalue weighted by Crippen LogP contribution is 2.07. The van der Waals surface area contributed by atoms with E-state index in [-0.39, 0.29) is 5.91 Å². The molecule has 0 rings (SSSR count). The molecule has 0 aliphatic carbocycles. The number of amides is 2. The first-order chi connectivity index (χ1) is 7.79. The van der Waals surface area contributed by atoms with Gasteiger partial charge in [0.1, 0.15) is 0 Å². The predicted octanol–water partition coefficient (Wildman–Crippen LogP) is 0.612. The summed E-state index contributed by atoms with van der Waals surface area (Å²) in [6.45, 7) is 7.57. The number of hydrogen-bond donors (Lipinski definition) is 2. The molecule has 0 aromatic heterocycles. The molecule has 0 aliphatic rings. The summed E-state index contributed by atoms with van der Waals surface area (Å²) in [5, 5.41) is 2.24. The zero-order chi connectivity index (χ0) is 13.6. The van der Waals surface area contributed by atoms with Gasteiger partial charge in [0.2, 0.25) is 5.91 Å². The van der Waals surface area contributed by atoms with Crippen molar-refractivity contribution in [3.05, 3.63) is 11.3 Å². The van der Waals surface area contributed by atoms with Crippen LogP contribution in [0.15, 0.2) is 11.3 Å². The van der Waals surface area contributed by atoms with Gasteiger partial charge in [0, 0.05) is 30.8 Å². The van der Waals surface area contributed by atoms with Crippen molar-refractivity contribution in [2.75, 3.05) is 13.6 Å². The van der Waals surface area contributed by atoms with Crippen LogP contribution in [0.25, 0.3) is 0 Å². The summed E-state index contributed by atoms with van der Waals surface area (Å²) < 4.78 is 0. The van der Waals surface area contributed by atoms with E-state index in [1.165, 1.54) is 6.92 Å². The standard InChI is InChI=1S/C12H23N3O2/c1-6-8(2)15(5)7-11(9(3)13)12(17)14-10(4)16/h8H,6-7,13H2,1-5H3,(H,14,16,17)/b11-9-. The lowest BCUT2D eigenvalue weighted by Gasteiger charge is -2.24. The minimum absolute atomic E-state index is 0.356. The van der Waals surface area contributed by atoms with Crippen molar-refractivity contribution in [1.82, 2.24) is 10.2 Å².